The third kappa shape index (κ3) is 3.32. The van der Waals surface area contributed by atoms with Crippen molar-refractivity contribution < 1.29 is 9.53 Å². The Kier molecular flexibility index (Phi) is 4.52. The highest BCUT2D eigenvalue weighted by molar-refractivity contribution is 5.80. The van der Waals surface area contributed by atoms with Gasteiger partial charge in [-0.25, -0.2) is 4.98 Å². The Hall–Kier alpha value is -2.47. The molecule has 1 saturated heterocycles. The van der Waals surface area contributed by atoms with Crippen molar-refractivity contribution in [1.29, 1.82) is 0 Å². The van der Waals surface area contributed by atoms with Crippen LogP contribution < -0.4 is 10.1 Å². The minimum Gasteiger partial charge on any atom is -0.481 e. The Balaban J connectivity index is 1.74. The Morgan fingerprint density at radius 2 is 2.22 bits per heavy atom. The number of likely N-dealkylation sites (N-methyl/N-ethyl adjacent to an activating group) is 1. The number of rotatable bonds is 5. The molecule has 0 spiro atoms. The third-order valence-corrected chi connectivity index (χ3v) is 4.15. The van der Waals surface area contributed by atoms with Gasteiger partial charge in [0.1, 0.15) is 0 Å². The van der Waals surface area contributed by atoms with Crippen molar-refractivity contribution in [3.63, 3.8) is 0 Å². The number of ether oxygens (including phenoxy) is 1. The molecule has 1 aliphatic heterocycles. The number of amides is 1. The highest BCUT2D eigenvalue weighted by Gasteiger charge is 2.38. The van der Waals surface area contributed by atoms with E-state index in [-0.39, 0.29) is 18.0 Å². The highest BCUT2D eigenvalue weighted by atomic mass is 16.5. The quantitative estimate of drug-likeness (QED) is 0.907. The molecule has 0 aromatic carbocycles. The van der Waals surface area contributed by atoms with Crippen LogP contribution in [0.3, 0.4) is 0 Å². The Morgan fingerprint density at radius 1 is 1.35 bits per heavy atom. The lowest BCUT2D eigenvalue weighted by Gasteiger charge is -2.25. The number of carbonyl (C=O) groups is 1. The molecule has 1 amide bonds. The summed E-state index contributed by atoms with van der Waals surface area (Å²) in [5.74, 6) is 0.725. The van der Waals surface area contributed by atoms with E-state index in [0.29, 0.717) is 18.8 Å². The summed E-state index contributed by atoms with van der Waals surface area (Å²) in [7, 11) is 3.44. The van der Waals surface area contributed by atoms with E-state index in [1.807, 2.05) is 43.6 Å². The number of hydrogen-bond acceptors (Lipinski definition) is 5. The van der Waals surface area contributed by atoms with Crippen molar-refractivity contribution in [1.82, 2.24) is 20.2 Å². The fourth-order valence-corrected chi connectivity index (χ4v) is 2.96. The van der Waals surface area contributed by atoms with Gasteiger partial charge in [-0.15, -0.1) is 0 Å². The fraction of sp³-hybridized carbons (Fsp3) is 0.353. The molecular formula is C17H20N4O2. The first-order valence-electron chi connectivity index (χ1n) is 7.58. The van der Waals surface area contributed by atoms with Gasteiger partial charge in [0.15, 0.2) is 0 Å². The number of pyridine rings is 2. The maximum Gasteiger partial charge on any atom is 0.224 e. The average Bonchev–Trinajstić information content (AvgIpc) is 2.88. The van der Waals surface area contributed by atoms with Gasteiger partial charge in [0.05, 0.1) is 18.8 Å². The van der Waals surface area contributed by atoms with Crippen LogP contribution in [0.25, 0.3) is 0 Å². The average molecular weight is 312 g/mol. The van der Waals surface area contributed by atoms with Crippen molar-refractivity contribution >= 4 is 5.91 Å². The van der Waals surface area contributed by atoms with E-state index in [0.717, 1.165) is 11.3 Å². The summed E-state index contributed by atoms with van der Waals surface area (Å²) in [4.78, 5) is 22.5. The predicted octanol–water partition coefficient (Wildman–Crippen LogP) is 1.55. The second-order valence-corrected chi connectivity index (χ2v) is 5.60. The van der Waals surface area contributed by atoms with Gasteiger partial charge >= 0.3 is 0 Å². The molecule has 0 radical (unpaired) electrons. The number of hydrogen-bond donors (Lipinski definition) is 1. The number of nitrogens with one attached hydrogen (secondary N) is 1. The van der Waals surface area contributed by atoms with Crippen LogP contribution in [0.1, 0.15) is 23.7 Å². The zero-order chi connectivity index (χ0) is 16.2. The lowest BCUT2D eigenvalue weighted by molar-refractivity contribution is -0.127. The topological polar surface area (TPSA) is 67.3 Å². The van der Waals surface area contributed by atoms with Crippen LogP contribution in [0, 0.1) is 0 Å². The minimum absolute atomic E-state index is 0.0122. The SMILES string of the molecule is COc1cccc(CN[C@@H]2CC(=O)N(C)[C@H]2c2cccnc2)n1. The maximum absolute atomic E-state index is 12.1. The summed E-state index contributed by atoms with van der Waals surface area (Å²) in [6.07, 6.45) is 4.03. The van der Waals surface area contributed by atoms with Crippen molar-refractivity contribution in [3.05, 3.63) is 54.0 Å². The molecule has 2 aromatic rings. The third-order valence-electron chi connectivity index (χ3n) is 4.15. The summed E-state index contributed by atoms with van der Waals surface area (Å²) in [5, 5.41) is 3.45. The molecule has 3 heterocycles. The summed E-state index contributed by atoms with van der Waals surface area (Å²) in [6.45, 7) is 0.583. The van der Waals surface area contributed by atoms with Crippen LogP contribution in [0.2, 0.25) is 0 Å². The Morgan fingerprint density at radius 3 is 2.96 bits per heavy atom. The molecule has 23 heavy (non-hydrogen) atoms. The molecule has 0 saturated carbocycles. The van der Waals surface area contributed by atoms with Crippen LogP contribution in [-0.4, -0.2) is 41.0 Å². The van der Waals surface area contributed by atoms with E-state index in [1.165, 1.54) is 0 Å². The molecule has 6 nitrogen and oxygen atoms in total. The molecule has 1 fully saturated rings. The maximum atomic E-state index is 12.1. The zero-order valence-corrected chi connectivity index (χ0v) is 13.3. The van der Waals surface area contributed by atoms with Gasteiger partial charge in [-0.2, -0.15) is 0 Å². The van der Waals surface area contributed by atoms with E-state index in [4.69, 9.17) is 4.74 Å². The second-order valence-electron chi connectivity index (χ2n) is 5.60. The van der Waals surface area contributed by atoms with E-state index >= 15 is 0 Å². The smallest absolute Gasteiger partial charge is 0.224 e. The monoisotopic (exact) mass is 312 g/mol. The first-order valence-corrected chi connectivity index (χ1v) is 7.58. The molecule has 2 aromatic heterocycles. The zero-order valence-electron chi connectivity index (χ0n) is 13.3. The Labute approximate surface area is 135 Å². The van der Waals surface area contributed by atoms with Gasteiger partial charge in [-0.1, -0.05) is 12.1 Å². The second kappa shape index (κ2) is 6.75. The molecule has 6 heteroatoms. The number of carbonyl (C=O) groups excluding carboxylic acids is 1. The number of aromatic nitrogens is 2. The van der Waals surface area contributed by atoms with Gasteiger partial charge in [0, 0.05) is 44.5 Å². The molecule has 2 atom stereocenters. The molecule has 0 bridgehead atoms. The van der Waals surface area contributed by atoms with Crippen molar-refractivity contribution in [2.24, 2.45) is 0 Å². The normalized spacial score (nSPS) is 20.8. The molecule has 3 rings (SSSR count). The van der Waals surface area contributed by atoms with E-state index < -0.39 is 0 Å². The standard InChI is InChI=1S/C17H20N4O2/c1-21-16(22)9-14(17(21)12-5-4-8-18-10-12)19-11-13-6-3-7-15(20-13)23-2/h3-8,10,14,17,19H,9,11H2,1-2H3/t14-,17+/m1/s1. The van der Waals surface area contributed by atoms with E-state index in [2.05, 4.69) is 15.3 Å². The van der Waals surface area contributed by atoms with Gasteiger partial charge in [-0.3, -0.25) is 9.78 Å². The highest BCUT2D eigenvalue weighted by Crippen LogP contribution is 2.31. The van der Waals surface area contributed by atoms with Crippen molar-refractivity contribution in [3.8, 4) is 5.88 Å². The lowest BCUT2D eigenvalue weighted by atomic mass is 10.0. The fourth-order valence-electron chi connectivity index (χ4n) is 2.96. The first-order chi connectivity index (χ1) is 11.2. The molecule has 0 unspecified atom stereocenters. The van der Waals surface area contributed by atoms with Gasteiger partial charge < -0.3 is 15.0 Å². The van der Waals surface area contributed by atoms with Crippen LogP contribution >= 0.6 is 0 Å². The first kappa shape index (κ1) is 15.4. The largest absolute Gasteiger partial charge is 0.481 e. The molecule has 120 valence electrons. The van der Waals surface area contributed by atoms with Crippen LogP contribution in [0.5, 0.6) is 5.88 Å². The lowest BCUT2D eigenvalue weighted by Crippen LogP contribution is -2.35. The summed E-state index contributed by atoms with van der Waals surface area (Å²) < 4.78 is 5.14. The number of likely N-dealkylation sites (tertiary alicyclic amines) is 1. The molecule has 0 aliphatic carbocycles. The molecule has 1 aliphatic rings. The van der Waals surface area contributed by atoms with Crippen molar-refractivity contribution in [2.75, 3.05) is 14.2 Å². The molecular weight excluding hydrogens is 292 g/mol. The van der Waals surface area contributed by atoms with E-state index in [9.17, 15) is 4.79 Å². The van der Waals surface area contributed by atoms with Crippen LogP contribution in [0.15, 0.2) is 42.7 Å². The molecule has 1 N–H and O–H groups in total. The number of methoxy groups -OCH3 is 1. The van der Waals surface area contributed by atoms with Crippen molar-refractivity contribution in [2.45, 2.75) is 25.0 Å². The van der Waals surface area contributed by atoms with Gasteiger partial charge in [0.2, 0.25) is 11.8 Å². The van der Waals surface area contributed by atoms with Gasteiger partial charge in [0.25, 0.3) is 0 Å². The minimum atomic E-state index is -0.0122. The Bertz CT molecular complexity index is 677. The van der Waals surface area contributed by atoms with Crippen LogP contribution in [0.4, 0.5) is 0 Å². The van der Waals surface area contributed by atoms with E-state index in [1.54, 1.807) is 18.2 Å². The summed E-state index contributed by atoms with van der Waals surface area (Å²) in [5.41, 5.74) is 1.92. The number of nitrogens with zero attached hydrogens (tertiary/aromatic N) is 3. The summed E-state index contributed by atoms with van der Waals surface area (Å²) in [6, 6.07) is 9.58. The van der Waals surface area contributed by atoms with Crippen LogP contribution in [-0.2, 0) is 11.3 Å². The predicted molar refractivity (Wildman–Crippen MR) is 85.8 cm³/mol. The van der Waals surface area contributed by atoms with Gasteiger partial charge in [-0.05, 0) is 17.7 Å². The summed E-state index contributed by atoms with van der Waals surface area (Å²) >= 11 is 0.